The first-order valence-corrected chi connectivity index (χ1v) is 9.47. The van der Waals surface area contributed by atoms with Crippen molar-refractivity contribution in [3.8, 4) is 0 Å². The number of nitrogens with zero attached hydrogens (tertiary/aromatic N) is 4. The molecule has 27 heavy (non-hydrogen) atoms. The van der Waals surface area contributed by atoms with Gasteiger partial charge in [-0.2, -0.15) is 5.10 Å². The minimum atomic E-state index is 0.495. The highest BCUT2D eigenvalue weighted by Gasteiger charge is 2.16. The molecule has 0 spiro atoms. The summed E-state index contributed by atoms with van der Waals surface area (Å²) in [6.45, 7) is 4.76. The van der Waals surface area contributed by atoms with Crippen LogP contribution in [0.3, 0.4) is 0 Å². The van der Waals surface area contributed by atoms with Crippen LogP contribution in [0, 0.1) is 0 Å². The highest BCUT2D eigenvalue weighted by molar-refractivity contribution is 5.90. The van der Waals surface area contributed by atoms with Crippen molar-refractivity contribution in [3.63, 3.8) is 0 Å². The lowest BCUT2D eigenvalue weighted by Gasteiger charge is -2.26. The van der Waals surface area contributed by atoms with Gasteiger partial charge in [-0.15, -0.1) is 0 Å². The van der Waals surface area contributed by atoms with E-state index in [1.807, 2.05) is 16.7 Å². The first kappa shape index (κ1) is 17.8. The molecule has 142 valence electrons. The van der Waals surface area contributed by atoms with Crippen LogP contribution in [0.1, 0.15) is 24.1 Å². The second-order valence-electron chi connectivity index (χ2n) is 6.98. The number of ether oxygens (including phenoxy) is 1. The molecule has 1 aliphatic carbocycles. The molecule has 2 aliphatic rings. The van der Waals surface area contributed by atoms with Gasteiger partial charge in [-0.3, -0.25) is 4.90 Å². The summed E-state index contributed by atoms with van der Waals surface area (Å²) in [6.07, 6.45) is 12.4. The van der Waals surface area contributed by atoms with Gasteiger partial charge in [-0.1, -0.05) is 18.2 Å². The largest absolute Gasteiger partial charge is 0.402 e. The maximum absolute atomic E-state index is 6.20. The van der Waals surface area contributed by atoms with Crippen LogP contribution in [-0.2, 0) is 11.2 Å². The van der Waals surface area contributed by atoms with Crippen LogP contribution in [-0.4, -0.2) is 52.3 Å². The van der Waals surface area contributed by atoms with Gasteiger partial charge in [0.25, 0.3) is 0 Å². The molecule has 4 rings (SSSR count). The van der Waals surface area contributed by atoms with Gasteiger partial charge in [0, 0.05) is 36.5 Å². The van der Waals surface area contributed by atoms with Crippen LogP contribution >= 0.6 is 0 Å². The number of hydrogen-bond donors (Lipinski definition) is 2. The summed E-state index contributed by atoms with van der Waals surface area (Å²) in [5.74, 6) is 0.495. The van der Waals surface area contributed by atoms with Gasteiger partial charge < -0.3 is 16.2 Å². The van der Waals surface area contributed by atoms with Crippen LogP contribution in [0.2, 0.25) is 0 Å². The van der Waals surface area contributed by atoms with E-state index in [4.69, 9.17) is 16.2 Å². The maximum atomic E-state index is 6.20. The van der Waals surface area contributed by atoms with Crippen molar-refractivity contribution in [1.29, 1.82) is 0 Å². The van der Waals surface area contributed by atoms with Gasteiger partial charge in [0.1, 0.15) is 11.8 Å². The number of rotatable bonds is 5. The summed E-state index contributed by atoms with van der Waals surface area (Å²) in [5, 5.41) is 4.46. The van der Waals surface area contributed by atoms with Crippen molar-refractivity contribution < 1.29 is 4.74 Å². The number of fused-ring (bicyclic) bond motifs is 1. The van der Waals surface area contributed by atoms with E-state index < -0.39 is 0 Å². The third kappa shape index (κ3) is 3.89. The predicted octanol–water partition coefficient (Wildman–Crippen LogP) is 1.76. The summed E-state index contributed by atoms with van der Waals surface area (Å²) < 4.78 is 7.35. The third-order valence-electron chi connectivity index (χ3n) is 5.11. The molecule has 0 bridgehead atoms. The Balaban J connectivity index is 1.61. The summed E-state index contributed by atoms with van der Waals surface area (Å²) in [5.41, 5.74) is 17.2. The van der Waals surface area contributed by atoms with E-state index in [-0.39, 0.29) is 0 Å². The number of nitrogen functional groups attached to an aromatic ring is 1. The topological polar surface area (TPSA) is 94.7 Å². The SMILES string of the molecule is NC1=CC=C(c2cc(CCCN3CCOCC3)n3ncnc(N)c23)C=CC1. The fourth-order valence-electron chi connectivity index (χ4n) is 3.66. The van der Waals surface area contributed by atoms with Gasteiger partial charge in [0.15, 0.2) is 5.82 Å². The average molecular weight is 366 g/mol. The van der Waals surface area contributed by atoms with Crippen LogP contribution < -0.4 is 11.5 Å². The molecule has 0 saturated carbocycles. The lowest BCUT2D eigenvalue weighted by molar-refractivity contribution is 0.0374. The van der Waals surface area contributed by atoms with E-state index >= 15 is 0 Å². The number of hydrogen-bond acceptors (Lipinski definition) is 6. The zero-order valence-corrected chi connectivity index (χ0v) is 15.5. The predicted molar refractivity (Wildman–Crippen MR) is 107 cm³/mol. The fourth-order valence-corrected chi connectivity index (χ4v) is 3.66. The molecule has 1 fully saturated rings. The number of aryl methyl sites for hydroxylation is 1. The molecule has 1 aliphatic heterocycles. The van der Waals surface area contributed by atoms with Crippen LogP contribution in [0.15, 0.2) is 42.4 Å². The Hall–Kier alpha value is -2.64. The molecule has 0 atom stereocenters. The number of aromatic nitrogens is 3. The minimum absolute atomic E-state index is 0.495. The van der Waals surface area contributed by atoms with Crippen molar-refractivity contribution in [2.75, 3.05) is 38.6 Å². The third-order valence-corrected chi connectivity index (χ3v) is 5.11. The zero-order chi connectivity index (χ0) is 18.6. The minimum Gasteiger partial charge on any atom is -0.402 e. The van der Waals surface area contributed by atoms with E-state index in [1.54, 1.807) is 0 Å². The van der Waals surface area contributed by atoms with Crippen molar-refractivity contribution >= 4 is 16.9 Å². The number of anilines is 1. The zero-order valence-electron chi connectivity index (χ0n) is 15.5. The fraction of sp³-hybridized carbons (Fsp3) is 0.400. The standard InChI is InChI=1S/C20H26N6O/c21-16-4-1-3-15(6-7-16)18-13-17(26-19(18)20(22)23-14-24-26)5-2-8-25-9-11-27-12-10-25/h1,3,6-7,13-14H,2,4-5,8-12,21H2,(H2,22,23,24). The van der Waals surface area contributed by atoms with Crippen molar-refractivity contribution in [1.82, 2.24) is 19.5 Å². The Morgan fingerprint density at radius 1 is 1.15 bits per heavy atom. The Kier molecular flexibility index (Phi) is 5.22. The van der Waals surface area contributed by atoms with E-state index in [0.717, 1.165) is 80.2 Å². The number of morpholine rings is 1. The van der Waals surface area contributed by atoms with E-state index in [0.29, 0.717) is 5.82 Å². The van der Waals surface area contributed by atoms with Gasteiger partial charge in [-0.25, -0.2) is 9.50 Å². The lowest BCUT2D eigenvalue weighted by atomic mass is 10.1. The average Bonchev–Trinajstić information content (AvgIpc) is 2.91. The smallest absolute Gasteiger partial charge is 0.151 e. The summed E-state index contributed by atoms with van der Waals surface area (Å²) in [4.78, 5) is 6.65. The second-order valence-corrected chi connectivity index (χ2v) is 6.98. The highest BCUT2D eigenvalue weighted by Crippen LogP contribution is 2.29. The molecule has 2 aromatic rings. The molecule has 0 radical (unpaired) electrons. The molecule has 0 aromatic carbocycles. The van der Waals surface area contributed by atoms with Crippen LogP contribution in [0.25, 0.3) is 11.1 Å². The van der Waals surface area contributed by atoms with E-state index in [2.05, 4.69) is 33.2 Å². The second kappa shape index (κ2) is 7.94. The van der Waals surface area contributed by atoms with E-state index in [9.17, 15) is 0 Å². The Labute approximate surface area is 159 Å². The molecule has 2 aromatic heterocycles. The maximum Gasteiger partial charge on any atom is 0.151 e. The Bertz CT molecular complexity index is 905. The van der Waals surface area contributed by atoms with Crippen LogP contribution in [0.5, 0.6) is 0 Å². The van der Waals surface area contributed by atoms with E-state index in [1.165, 1.54) is 6.33 Å². The lowest BCUT2D eigenvalue weighted by Crippen LogP contribution is -2.37. The molecule has 3 heterocycles. The molecular formula is C20H26N6O. The molecule has 7 nitrogen and oxygen atoms in total. The molecule has 7 heteroatoms. The van der Waals surface area contributed by atoms with Crippen molar-refractivity contribution in [2.24, 2.45) is 5.73 Å². The first-order chi connectivity index (χ1) is 13.2. The summed E-state index contributed by atoms with van der Waals surface area (Å²) >= 11 is 0. The van der Waals surface area contributed by atoms with Crippen LogP contribution in [0.4, 0.5) is 5.82 Å². The molecule has 4 N–H and O–H groups in total. The Morgan fingerprint density at radius 2 is 2.00 bits per heavy atom. The molecular weight excluding hydrogens is 340 g/mol. The molecule has 0 unspecified atom stereocenters. The highest BCUT2D eigenvalue weighted by atomic mass is 16.5. The van der Waals surface area contributed by atoms with Gasteiger partial charge in [0.05, 0.1) is 13.2 Å². The van der Waals surface area contributed by atoms with Crippen molar-refractivity contribution in [2.45, 2.75) is 19.3 Å². The molecule has 0 amide bonds. The Morgan fingerprint density at radius 3 is 2.85 bits per heavy atom. The normalized spacial score (nSPS) is 18.4. The van der Waals surface area contributed by atoms with Gasteiger partial charge >= 0.3 is 0 Å². The quantitative estimate of drug-likeness (QED) is 0.837. The summed E-state index contributed by atoms with van der Waals surface area (Å²) in [7, 11) is 0. The molecule has 1 saturated heterocycles. The van der Waals surface area contributed by atoms with Crippen molar-refractivity contribution in [3.05, 3.63) is 53.7 Å². The monoisotopic (exact) mass is 366 g/mol. The summed E-state index contributed by atoms with van der Waals surface area (Å²) in [6, 6.07) is 2.19. The van der Waals surface area contributed by atoms with Gasteiger partial charge in [-0.05, 0) is 37.1 Å². The van der Waals surface area contributed by atoms with Gasteiger partial charge in [0.2, 0.25) is 0 Å². The number of allylic oxidation sites excluding steroid dienone is 5. The number of nitrogens with two attached hydrogens (primary N) is 2. The first-order valence-electron chi connectivity index (χ1n) is 9.47.